The van der Waals surface area contributed by atoms with Crippen molar-refractivity contribution in [1.29, 1.82) is 0 Å². The van der Waals surface area contributed by atoms with E-state index in [4.69, 9.17) is 4.74 Å². The van der Waals surface area contributed by atoms with Gasteiger partial charge in [-0.25, -0.2) is 0 Å². The Morgan fingerprint density at radius 2 is 2.33 bits per heavy atom. The molecular weight excluding hydrogens is 192 g/mol. The van der Waals surface area contributed by atoms with Gasteiger partial charge in [0, 0.05) is 19.2 Å². The summed E-state index contributed by atoms with van der Waals surface area (Å²) in [6.07, 6.45) is 5.10. The van der Waals surface area contributed by atoms with Gasteiger partial charge in [-0.05, 0) is 32.2 Å². The van der Waals surface area contributed by atoms with Crippen molar-refractivity contribution in [2.24, 2.45) is 0 Å². The smallest absolute Gasteiger partial charge is 0.222 e. The molecule has 1 amide bonds. The van der Waals surface area contributed by atoms with E-state index in [-0.39, 0.29) is 12.0 Å². The Hall–Kier alpha value is -0.610. The molecule has 0 saturated carbocycles. The van der Waals surface area contributed by atoms with E-state index in [1.807, 2.05) is 0 Å². The fourth-order valence-corrected chi connectivity index (χ4v) is 2.27. The summed E-state index contributed by atoms with van der Waals surface area (Å²) in [6, 6.07) is 0.327. The molecule has 2 heterocycles. The maximum absolute atomic E-state index is 11.6. The van der Waals surface area contributed by atoms with Gasteiger partial charge in [-0.1, -0.05) is 0 Å². The van der Waals surface area contributed by atoms with Crippen LogP contribution in [0, 0.1) is 0 Å². The molecule has 0 radical (unpaired) electrons. The molecule has 2 N–H and O–H groups in total. The van der Waals surface area contributed by atoms with E-state index >= 15 is 0 Å². The van der Waals surface area contributed by atoms with E-state index in [1.165, 1.54) is 0 Å². The van der Waals surface area contributed by atoms with Gasteiger partial charge in [-0.15, -0.1) is 0 Å². The molecule has 4 heteroatoms. The van der Waals surface area contributed by atoms with Gasteiger partial charge in [-0.3, -0.25) is 4.79 Å². The SMILES string of the molecule is O=C(CC1CCCO1)N[C@@H]1CCCNC1. The number of rotatable bonds is 3. The highest BCUT2D eigenvalue weighted by atomic mass is 16.5. The monoisotopic (exact) mass is 212 g/mol. The van der Waals surface area contributed by atoms with Crippen LogP contribution in [0.3, 0.4) is 0 Å². The lowest BCUT2D eigenvalue weighted by Crippen LogP contribution is -2.46. The van der Waals surface area contributed by atoms with Crippen molar-refractivity contribution in [3.8, 4) is 0 Å². The fraction of sp³-hybridized carbons (Fsp3) is 0.909. The molecule has 2 aliphatic rings. The zero-order valence-corrected chi connectivity index (χ0v) is 9.13. The van der Waals surface area contributed by atoms with Crippen molar-refractivity contribution in [3.63, 3.8) is 0 Å². The van der Waals surface area contributed by atoms with Crippen LogP contribution in [0.15, 0.2) is 0 Å². The van der Waals surface area contributed by atoms with Crippen molar-refractivity contribution in [2.45, 2.75) is 44.2 Å². The average Bonchev–Trinajstić information content (AvgIpc) is 2.71. The molecule has 0 aromatic rings. The molecule has 15 heavy (non-hydrogen) atoms. The minimum absolute atomic E-state index is 0.149. The summed E-state index contributed by atoms with van der Waals surface area (Å²) in [5.74, 6) is 0.149. The molecule has 2 saturated heterocycles. The highest BCUT2D eigenvalue weighted by Gasteiger charge is 2.21. The predicted molar refractivity (Wildman–Crippen MR) is 57.6 cm³/mol. The molecule has 0 aliphatic carbocycles. The molecule has 0 spiro atoms. The van der Waals surface area contributed by atoms with Crippen molar-refractivity contribution < 1.29 is 9.53 Å². The molecule has 2 rings (SSSR count). The van der Waals surface area contributed by atoms with Gasteiger partial charge < -0.3 is 15.4 Å². The Bertz CT molecular complexity index is 209. The number of carbonyl (C=O) groups excluding carboxylic acids is 1. The molecule has 86 valence electrons. The van der Waals surface area contributed by atoms with Crippen LogP contribution < -0.4 is 10.6 Å². The van der Waals surface area contributed by atoms with Crippen LogP contribution in [0.25, 0.3) is 0 Å². The van der Waals surface area contributed by atoms with Crippen LogP contribution in [0.1, 0.15) is 32.1 Å². The van der Waals surface area contributed by atoms with E-state index in [1.54, 1.807) is 0 Å². The first-order valence-corrected chi connectivity index (χ1v) is 5.96. The third-order valence-electron chi connectivity index (χ3n) is 3.10. The number of hydrogen-bond acceptors (Lipinski definition) is 3. The van der Waals surface area contributed by atoms with Crippen LogP contribution >= 0.6 is 0 Å². The summed E-state index contributed by atoms with van der Waals surface area (Å²) < 4.78 is 5.44. The second-order valence-corrected chi connectivity index (χ2v) is 4.45. The Morgan fingerprint density at radius 3 is 3.00 bits per heavy atom. The van der Waals surface area contributed by atoms with Crippen molar-refractivity contribution >= 4 is 5.91 Å². The first-order valence-electron chi connectivity index (χ1n) is 5.96. The Kier molecular flexibility index (Phi) is 3.97. The lowest BCUT2D eigenvalue weighted by molar-refractivity contribution is -0.124. The zero-order valence-electron chi connectivity index (χ0n) is 9.13. The largest absolute Gasteiger partial charge is 0.378 e. The summed E-state index contributed by atoms with van der Waals surface area (Å²) in [6.45, 7) is 2.82. The maximum Gasteiger partial charge on any atom is 0.222 e. The topological polar surface area (TPSA) is 50.4 Å². The Labute approximate surface area is 90.8 Å². The summed E-state index contributed by atoms with van der Waals surface area (Å²) in [5, 5.41) is 6.35. The van der Waals surface area contributed by atoms with Crippen molar-refractivity contribution in [2.75, 3.05) is 19.7 Å². The molecule has 4 nitrogen and oxygen atoms in total. The molecule has 0 aromatic heterocycles. The second kappa shape index (κ2) is 5.47. The highest BCUT2D eigenvalue weighted by Crippen LogP contribution is 2.15. The van der Waals surface area contributed by atoms with E-state index < -0.39 is 0 Å². The molecule has 0 bridgehead atoms. The van der Waals surface area contributed by atoms with Crippen LogP contribution in [-0.2, 0) is 9.53 Å². The third-order valence-corrected chi connectivity index (χ3v) is 3.10. The quantitative estimate of drug-likeness (QED) is 0.713. The summed E-state index contributed by atoms with van der Waals surface area (Å²) in [5.41, 5.74) is 0. The van der Waals surface area contributed by atoms with Gasteiger partial charge in [0.05, 0.1) is 12.5 Å². The van der Waals surface area contributed by atoms with Crippen LogP contribution in [0.5, 0.6) is 0 Å². The fourth-order valence-electron chi connectivity index (χ4n) is 2.27. The van der Waals surface area contributed by atoms with Gasteiger partial charge in [0.1, 0.15) is 0 Å². The van der Waals surface area contributed by atoms with Gasteiger partial charge in [0.2, 0.25) is 5.91 Å². The number of carbonyl (C=O) groups is 1. The maximum atomic E-state index is 11.6. The minimum atomic E-state index is 0.149. The molecule has 0 aromatic carbocycles. The van der Waals surface area contributed by atoms with Crippen molar-refractivity contribution in [3.05, 3.63) is 0 Å². The second-order valence-electron chi connectivity index (χ2n) is 4.45. The van der Waals surface area contributed by atoms with E-state index in [9.17, 15) is 4.79 Å². The molecule has 2 aliphatic heterocycles. The van der Waals surface area contributed by atoms with E-state index in [2.05, 4.69) is 10.6 Å². The Balaban J connectivity index is 1.66. The van der Waals surface area contributed by atoms with Gasteiger partial charge in [-0.2, -0.15) is 0 Å². The number of amides is 1. The standard InChI is InChI=1S/C11H20N2O2/c14-11(7-10-4-2-6-15-10)13-9-3-1-5-12-8-9/h9-10,12H,1-8H2,(H,13,14)/t9-,10?/m1/s1. The summed E-state index contributed by atoms with van der Waals surface area (Å²) in [7, 11) is 0. The highest BCUT2D eigenvalue weighted by molar-refractivity contribution is 5.76. The average molecular weight is 212 g/mol. The lowest BCUT2D eigenvalue weighted by Gasteiger charge is -2.24. The normalized spacial score (nSPS) is 31.5. The van der Waals surface area contributed by atoms with E-state index in [0.29, 0.717) is 12.5 Å². The number of nitrogens with one attached hydrogen (secondary N) is 2. The Morgan fingerprint density at radius 1 is 1.40 bits per heavy atom. The molecule has 2 atom stereocenters. The van der Waals surface area contributed by atoms with Gasteiger partial charge in [0.25, 0.3) is 0 Å². The van der Waals surface area contributed by atoms with Crippen LogP contribution in [-0.4, -0.2) is 37.7 Å². The van der Waals surface area contributed by atoms with Crippen LogP contribution in [0.2, 0.25) is 0 Å². The first kappa shape index (κ1) is 10.9. The molecule has 1 unspecified atom stereocenters. The van der Waals surface area contributed by atoms with Crippen LogP contribution in [0.4, 0.5) is 0 Å². The first-order chi connectivity index (χ1) is 7.34. The third kappa shape index (κ3) is 3.47. The van der Waals surface area contributed by atoms with Gasteiger partial charge >= 0.3 is 0 Å². The summed E-state index contributed by atoms with van der Waals surface area (Å²) in [4.78, 5) is 11.6. The molecular formula is C11H20N2O2. The molecule has 2 fully saturated rings. The lowest BCUT2D eigenvalue weighted by atomic mass is 10.1. The summed E-state index contributed by atoms with van der Waals surface area (Å²) >= 11 is 0. The number of piperidine rings is 1. The van der Waals surface area contributed by atoms with E-state index in [0.717, 1.165) is 45.4 Å². The van der Waals surface area contributed by atoms with Gasteiger partial charge in [0.15, 0.2) is 0 Å². The predicted octanol–water partition coefficient (Wildman–Crippen LogP) is 0.424. The zero-order chi connectivity index (χ0) is 10.5. The number of hydrogen-bond donors (Lipinski definition) is 2. The number of ether oxygens (including phenoxy) is 1. The van der Waals surface area contributed by atoms with Crippen molar-refractivity contribution in [1.82, 2.24) is 10.6 Å². The minimum Gasteiger partial charge on any atom is -0.378 e.